The maximum atomic E-state index is 12.6. The van der Waals surface area contributed by atoms with E-state index in [-0.39, 0.29) is 17.9 Å². The summed E-state index contributed by atoms with van der Waals surface area (Å²) in [7, 11) is -1.82. The SMILES string of the molecule is CC(=O)N(CC(=O)OO[Si](c1ccccc1)c1ccc(C(C)(C)C)cc1)Cc1ccccc1. The Kier molecular flexibility index (Phi) is 8.19. The summed E-state index contributed by atoms with van der Waals surface area (Å²) in [5.41, 5.74) is 2.20. The minimum atomic E-state index is -1.82. The zero-order valence-corrected chi connectivity index (χ0v) is 20.6. The quantitative estimate of drug-likeness (QED) is 0.293. The zero-order chi connectivity index (χ0) is 23.8. The number of amides is 1. The van der Waals surface area contributed by atoms with Gasteiger partial charge in [-0.2, -0.15) is 0 Å². The molecular weight excluding hydrogens is 430 g/mol. The lowest BCUT2D eigenvalue weighted by molar-refractivity contribution is -0.216. The molecule has 0 saturated heterocycles. The van der Waals surface area contributed by atoms with Crippen molar-refractivity contribution in [2.24, 2.45) is 0 Å². The average Bonchev–Trinajstić information content (AvgIpc) is 2.80. The highest BCUT2D eigenvalue weighted by molar-refractivity contribution is 6.79. The molecule has 0 bridgehead atoms. The molecule has 3 rings (SSSR count). The van der Waals surface area contributed by atoms with E-state index in [9.17, 15) is 9.59 Å². The first-order valence-corrected chi connectivity index (χ1v) is 12.3. The second-order valence-electron chi connectivity index (χ2n) is 8.92. The molecule has 0 aliphatic heterocycles. The van der Waals surface area contributed by atoms with Crippen molar-refractivity contribution in [3.8, 4) is 0 Å². The van der Waals surface area contributed by atoms with Crippen molar-refractivity contribution < 1.29 is 19.1 Å². The summed E-state index contributed by atoms with van der Waals surface area (Å²) in [5.74, 6) is -0.812. The number of carbonyl (C=O) groups excluding carboxylic acids is 2. The first-order chi connectivity index (χ1) is 15.7. The molecule has 0 aliphatic rings. The molecule has 1 radical (unpaired) electrons. The molecule has 3 aromatic rings. The molecule has 0 N–H and O–H groups in total. The third-order valence-corrected chi connectivity index (χ3v) is 7.21. The van der Waals surface area contributed by atoms with Crippen LogP contribution in [-0.2, 0) is 31.0 Å². The third-order valence-electron chi connectivity index (χ3n) is 5.25. The van der Waals surface area contributed by atoms with Crippen molar-refractivity contribution in [1.82, 2.24) is 4.90 Å². The van der Waals surface area contributed by atoms with Crippen molar-refractivity contribution in [2.75, 3.05) is 6.54 Å². The average molecular weight is 461 g/mol. The number of carbonyl (C=O) groups is 2. The smallest absolute Gasteiger partial charge is 0.327 e. The standard InChI is InChI=1S/C27H30NO4Si/c1-21(29)28(19-22-11-7-5-8-12-22)20-26(30)31-32-33(24-13-9-6-10-14-24)25-17-15-23(16-18-25)27(2,3)4/h5-18H,19-20H2,1-4H3. The first-order valence-electron chi connectivity index (χ1n) is 10.9. The largest absolute Gasteiger partial charge is 0.360 e. The third kappa shape index (κ3) is 7.13. The lowest BCUT2D eigenvalue weighted by Crippen LogP contribution is -2.46. The summed E-state index contributed by atoms with van der Waals surface area (Å²) in [6, 6.07) is 27.5. The van der Waals surface area contributed by atoms with Crippen molar-refractivity contribution >= 4 is 31.3 Å². The number of hydrogen-bond donors (Lipinski definition) is 0. The van der Waals surface area contributed by atoms with E-state index >= 15 is 0 Å². The second kappa shape index (κ2) is 11.1. The molecule has 0 saturated carbocycles. The highest BCUT2D eigenvalue weighted by Crippen LogP contribution is 2.20. The van der Waals surface area contributed by atoms with Crippen LogP contribution in [0.25, 0.3) is 0 Å². The van der Waals surface area contributed by atoms with E-state index in [1.54, 1.807) is 0 Å². The minimum Gasteiger partial charge on any atom is -0.327 e. The summed E-state index contributed by atoms with van der Waals surface area (Å²) < 4.78 is 5.75. The van der Waals surface area contributed by atoms with E-state index < -0.39 is 15.0 Å². The predicted octanol–water partition coefficient (Wildman–Crippen LogP) is 3.61. The van der Waals surface area contributed by atoms with Gasteiger partial charge < -0.3 is 9.79 Å². The summed E-state index contributed by atoms with van der Waals surface area (Å²) >= 11 is 0. The fourth-order valence-corrected chi connectivity index (χ4v) is 4.99. The van der Waals surface area contributed by atoms with Crippen LogP contribution >= 0.6 is 0 Å². The number of hydrogen-bond acceptors (Lipinski definition) is 4. The fraction of sp³-hybridized carbons (Fsp3) is 0.259. The molecule has 171 valence electrons. The molecule has 1 amide bonds. The Hall–Kier alpha value is -3.22. The minimum absolute atomic E-state index is 0.0421. The Bertz CT molecular complexity index is 1050. The molecule has 5 nitrogen and oxygen atoms in total. The molecule has 0 atom stereocenters. The second-order valence-corrected chi connectivity index (χ2v) is 10.9. The van der Waals surface area contributed by atoms with Crippen molar-refractivity contribution in [2.45, 2.75) is 39.7 Å². The Morgan fingerprint density at radius 1 is 0.818 bits per heavy atom. The van der Waals surface area contributed by atoms with Gasteiger partial charge in [0.05, 0.1) is 0 Å². The zero-order valence-electron chi connectivity index (χ0n) is 19.6. The molecule has 33 heavy (non-hydrogen) atoms. The van der Waals surface area contributed by atoms with Gasteiger partial charge in [-0.1, -0.05) is 106 Å². The van der Waals surface area contributed by atoms with Crippen LogP contribution in [0.15, 0.2) is 84.9 Å². The van der Waals surface area contributed by atoms with Gasteiger partial charge >= 0.3 is 15.0 Å². The van der Waals surface area contributed by atoms with Gasteiger partial charge in [0.15, 0.2) is 0 Å². The van der Waals surface area contributed by atoms with Gasteiger partial charge in [-0.25, -0.2) is 9.37 Å². The van der Waals surface area contributed by atoms with Crippen LogP contribution in [0.1, 0.15) is 38.8 Å². The van der Waals surface area contributed by atoms with Gasteiger partial charge in [-0.3, -0.25) is 4.79 Å². The van der Waals surface area contributed by atoms with Gasteiger partial charge in [0.1, 0.15) is 6.54 Å². The summed E-state index contributed by atoms with van der Waals surface area (Å²) in [5, 5.41) is 1.94. The predicted molar refractivity (Wildman–Crippen MR) is 131 cm³/mol. The lowest BCUT2D eigenvalue weighted by Gasteiger charge is -2.22. The Balaban J connectivity index is 1.71. The van der Waals surface area contributed by atoms with E-state index in [1.807, 2.05) is 72.8 Å². The van der Waals surface area contributed by atoms with E-state index in [0.29, 0.717) is 6.54 Å². The first kappa shape index (κ1) is 24.4. The van der Waals surface area contributed by atoms with E-state index in [2.05, 4.69) is 32.9 Å². The molecule has 0 aliphatic carbocycles. The Labute approximate surface area is 197 Å². The maximum Gasteiger partial charge on any atom is 0.360 e. The van der Waals surface area contributed by atoms with Gasteiger partial charge in [-0.05, 0) is 26.9 Å². The summed E-state index contributed by atoms with van der Waals surface area (Å²) in [4.78, 5) is 31.3. The highest BCUT2D eigenvalue weighted by atomic mass is 28.3. The van der Waals surface area contributed by atoms with Crippen LogP contribution in [0.2, 0.25) is 0 Å². The maximum absolute atomic E-state index is 12.6. The summed E-state index contributed by atoms with van der Waals surface area (Å²) in [6.45, 7) is 8.08. The van der Waals surface area contributed by atoms with Gasteiger partial charge in [0, 0.05) is 13.5 Å². The van der Waals surface area contributed by atoms with Crippen molar-refractivity contribution in [3.05, 3.63) is 96.1 Å². The Morgan fingerprint density at radius 2 is 1.36 bits per heavy atom. The van der Waals surface area contributed by atoms with Gasteiger partial charge in [0.2, 0.25) is 5.91 Å². The summed E-state index contributed by atoms with van der Waals surface area (Å²) in [6.07, 6.45) is 0. The van der Waals surface area contributed by atoms with E-state index in [4.69, 9.17) is 9.46 Å². The topological polar surface area (TPSA) is 55.8 Å². The van der Waals surface area contributed by atoms with Crippen LogP contribution in [0.3, 0.4) is 0 Å². The Morgan fingerprint density at radius 3 is 1.91 bits per heavy atom. The molecule has 6 heteroatoms. The van der Waals surface area contributed by atoms with Crippen molar-refractivity contribution in [3.63, 3.8) is 0 Å². The van der Waals surface area contributed by atoms with E-state index in [1.165, 1.54) is 17.4 Å². The fourth-order valence-electron chi connectivity index (χ4n) is 3.33. The molecule has 0 fully saturated rings. The number of nitrogens with zero attached hydrogens (tertiary/aromatic N) is 1. The lowest BCUT2D eigenvalue weighted by atomic mass is 9.87. The molecule has 3 aromatic carbocycles. The van der Waals surface area contributed by atoms with Gasteiger partial charge in [-0.15, -0.1) is 0 Å². The molecule has 0 aromatic heterocycles. The molecule has 0 unspecified atom stereocenters. The van der Waals surface area contributed by atoms with E-state index in [0.717, 1.165) is 15.9 Å². The van der Waals surface area contributed by atoms with Crippen LogP contribution < -0.4 is 10.4 Å². The number of benzene rings is 3. The monoisotopic (exact) mass is 460 g/mol. The van der Waals surface area contributed by atoms with Gasteiger partial charge in [0.25, 0.3) is 0 Å². The van der Waals surface area contributed by atoms with Crippen LogP contribution in [-0.4, -0.2) is 32.4 Å². The van der Waals surface area contributed by atoms with Crippen LogP contribution in [0.5, 0.6) is 0 Å². The highest BCUT2D eigenvalue weighted by Gasteiger charge is 2.25. The normalized spacial score (nSPS) is 11.3. The van der Waals surface area contributed by atoms with Crippen LogP contribution in [0.4, 0.5) is 0 Å². The van der Waals surface area contributed by atoms with Crippen molar-refractivity contribution in [1.29, 1.82) is 0 Å². The number of rotatable bonds is 8. The molecule has 0 heterocycles. The molecular formula is C27H30NO4Si. The molecule has 0 spiro atoms. The van der Waals surface area contributed by atoms with Crippen LogP contribution in [0, 0.1) is 0 Å².